The predicted molar refractivity (Wildman–Crippen MR) is 80.9 cm³/mol. The molecule has 1 fully saturated rings. The van der Waals surface area contributed by atoms with Gasteiger partial charge in [-0.25, -0.2) is 0 Å². The zero-order valence-electron chi connectivity index (χ0n) is 12.8. The van der Waals surface area contributed by atoms with Crippen molar-refractivity contribution in [3.05, 3.63) is 35.4 Å². The van der Waals surface area contributed by atoms with E-state index in [-0.39, 0.29) is 12.2 Å². The van der Waals surface area contributed by atoms with Crippen LogP contribution in [0.4, 0.5) is 0 Å². The minimum absolute atomic E-state index is 0.0157. The van der Waals surface area contributed by atoms with Gasteiger partial charge >= 0.3 is 0 Å². The van der Waals surface area contributed by atoms with E-state index in [2.05, 4.69) is 12.1 Å². The zero-order valence-corrected chi connectivity index (χ0v) is 12.8. The van der Waals surface area contributed by atoms with Crippen LogP contribution in [0, 0.1) is 11.3 Å². The summed E-state index contributed by atoms with van der Waals surface area (Å²) in [4.78, 5) is 0. The maximum absolute atomic E-state index is 11.4. The Bertz CT molecular complexity index is 567. The van der Waals surface area contributed by atoms with Gasteiger partial charge in [0.15, 0.2) is 0 Å². The summed E-state index contributed by atoms with van der Waals surface area (Å²) >= 11 is 0. The molecule has 1 aromatic rings. The molecular formula is C18H23NO2. The van der Waals surface area contributed by atoms with E-state index in [9.17, 15) is 10.4 Å². The largest absolute Gasteiger partial charge is 0.388 e. The highest BCUT2D eigenvalue weighted by molar-refractivity contribution is 5.45. The number of nitrogens with zero attached hydrogens (tertiary/aromatic N) is 1. The van der Waals surface area contributed by atoms with Crippen LogP contribution in [0.2, 0.25) is 0 Å². The maximum Gasteiger partial charge on any atom is 0.111 e. The summed E-state index contributed by atoms with van der Waals surface area (Å²) in [5.41, 5.74) is 0.442. The third-order valence-corrected chi connectivity index (χ3v) is 5.18. The average Bonchev–Trinajstić information content (AvgIpc) is 2.45. The van der Waals surface area contributed by atoms with Gasteiger partial charge in [-0.2, -0.15) is 5.26 Å². The molecule has 1 N–H and O–H groups in total. The van der Waals surface area contributed by atoms with Crippen molar-refractivity contribution in [2.75, 3.05) is 0 Å². The molecule has 1 aliphatic carbocycles. The number of benzene rings is 1. The lowest BCUT2D eigenvalue weighted by molar-refractivity contribution is -0.157. The lowest BCUT2D eigenvalue weighted by Gasteiger charge is -2.50. The molecule has 1 aromatic carbocycles. The van der Waals surface area contributed by atoms with Gasteiger partial charge in [-0.3, -0.25) is 0 Å². The Balaban J connectivity index is 2.12. The average molecular weight is 285 g/mol. The number of fused-ring (bicyclic) bond motifs is 1. The molecule has 112 valence electrons. The first-order valence-corrected chi connectivity index (χ1v) is 7.88. The standard InChI is InChI=1S/C18H23NO2/c1-13-10-18(20,11-14(2)21-13)17(12-19)9-5-7-15-6-3-4-8-16(15)17/h3-4,6,8,13-14,20H,5,7,9-11H2,1-2H3. The van der Waals surface area contributed by atoms with Gasteiger partial charge in [0.2, 0.25) is 0 Å². The minimum Gasteiger partial charge on any atom is -0.388 e. The van der Waals surface area contributed by atoms with Crippen LogP contribution in [-0.4, -0.2) is 22.9 Å². The molecule has 1 heterocycles. The molecule has 3 unspecified atom stereocenters. The van der Waals surface area contributed by atoms with Crippen molar-refractivity contribution in [2.24, 2.45) is 0 Å². The summed E-state index contributed by atoms with van der Waals surface area (Å²) in [6, 6.07) is 10.6. The summed E-state index contributed by atoms with van der Waals surface area (Å²) in [6.45, 7) is 3.97. The quantitative estimate of drug-likeness (QED) is 0.862. The third-order valence-electron chi connectivity index (χ3n) is 5.18. The van der Waals surface area contributed by atoms with Crippen molar-refractivity contribution in [3.8, 4) is 6.07 Å². The molecule has 0 aromatic heterocycles. The first kappa shape index (κ1) is 14.6. The van der Waals surface area contributed by atoms with Gasteiger partial charge in [0.05, 0.1) is 23.9 Å². The molecule has 2 aliphatic rings. The number of nitriles is 1. The molecule has 0 bridgehead atoms. The Morgan fingerprint density at radius 2 is 1.90 bits per heavy atom. The van der Waals surface area contributed by atoms with Crippen LogP contribution in [0.1, 0.15) is 50.7 Å². The second-order valence-corrected chi connectivity index (χ2v) is 6.72. The van der Waals surface area contributed by atoms with Gasteiger partial charge in [0.25, 0.3) is 0 Å². The number of hydrogen-bond donors (Lipinski definition) is 1. The summed E-state index contributed by atoms with van der Waals surface area (Å²) in [5, 5.41) is 21.5. The fourth-order valence-corrected chi connectivity index (χ4v) is 4.41. The first-order chi connectivity index (χ1) is 10.0. The smallest absolute Gasteiger partial charge is 0.111 e. The van der Waals surface area contributed by atoms with Gasteiger partial charge in [0, 0.05) is 12.8 Å². The molecule has 3 rings (SSSR count). The van der Waals surface area contributed by atoms with E-state index in [0.717, 1.165) is 24.8 Å². The van der Waals surface area contributed by atoms with E-state index in [0.29, 0.717) is 12.8 Å². The van der Waals surface area contributed by atoms with E-state index in [1.165, 1.54) is 5.56 Å². The fourth-order valence-electron chi connectivity index (χ4n) is 4.41. The van der Waals surface area contributed by atoms with Crippen molar-refractivity contribution in [3.63, 3.8) is 0 Å². The maximum atomic E-state index is 11.4. The monoisotopic (exact) mass is 285 g/mol. The summed E-state index contributed by atoms with van der Waals surface area (Å²) < 4.78 is 5.78. The van der Waals surface area contributed by atoms with E-state index < -0.39 is 11.0 Å². The number of aryl methyl sites for hydroxylation is 1. The number of hydrogen-bond acceptors (Lipinski definition) is 3. The van der Waals surface area contributed by atoms with Crippen LogP contribution in [0.3, 0.4) is 0 Å². The zero-order chi connectivity index (χ0) is 15.1. The normalized spacial score (nSPS) is 39.3. The lowest BCUT2D eigenvalue weighted by atomic mass is 9.58. The molecule has 0 spiro atoms. The second kappa shape index (κ2) is 5.12. The van der Waals surface area contributed by atoms with E-state index >= 15 is 0 Å². The van der Waals surface area contributed by atoms with Gasteiger partial charge in [0.1, 0.15) is 5.41 Å². The van der Waals surface area contributed by atoms with Crippen molar-refractivity contribution in [2.45, 2.75) is 69.2 Å². The van der Waals surface area contributed by atoms with Crippen LogP contribution < -0.4 is 0 Å². The molecule has 1 aliphatic heterocycles. The van der Waals surface area contributed by atoms with E-state index in [1.54, 1.807) is 0 Å². The van der Waals surface area contributed by atoms with Crippen molar-refractivity contribution < 1.29 is 9.84 Å². The van der Waals surface area contributed by atoms with Gasteiger partial charge in [-0.15, -0.1) is 0 Å². The number of ether oxygens (including phenoxy) is 1. The number of aliphatic hydroxyl groups is 1. The topological polar surface area (TPSA) is 53.2 Å². The second-order valence-electron chi connectivity index (χ2n) is 6.72. The molecule has 0 radical (unpaired) electrons. The number of rotatable bonds is 1. The fraction of sp³-hybridized carbons (Fsp3) is 0.611. The Morgan fingerprint density at radius 3 is 2.57 bits per heavy atom. The molecule has 0 amide bonds. The summed E-state index contributed by atoms with van der Waals surface area (Å²) in [6.07, 6.45) is 3.71. The highest BCUT2D eigenvalue weighted by atomic mass is 16.5. The molecule has 0 saturated carbocycles. The van der Waals surface area contributed by atoms with Crippen LogP contribution in [0.5, 0.6) is 0 Å². The van der Waals surface area contributed by atoms with Crippen LogP contribution in [0.15, 0.2) is 24.3 Å². The summed E-state index contributed by atoms with van der Waals surface area (Å²) in [5.74, 6) is 0. The SMILES string of the molecule is CC1CC(O)(C2(C#N)CCCc3ccccc32)CC(C)O1. The van der Waals surface area contributed by atoms with E-state index in [1.807, 2.05) is 32.0 Å². The Labute approximate surface area is 126 Å². The van der Waals surface area contributed by atoms with Gasteiger partial charge < -0.3 is 9.84 Å². The minimum atomic E-state index is -1.00. The van der Waals surface area contributed by atoms with Gasteiger partial charge in [-0.1, -0.05) is 24.3 Å². The van der Waals surface area contributed by atoms with Gasteiger partial charge in [-0.05, 0) is 44.2 Å². The Kier molecular flexibility index (Phi) is 3.55. The predicted octanol–water partition coefficient (Wildman–Crippen LogP) is 3.10. The highest BCUT2D eigenvalue weighted by Crippen LogP contribution is 2.50. The molecule has 1 saturated heterocycles. The van der Waals surface area contributed by atoms with Crippen molar-refractivity contribution in [1.29, 1.82) is 5.26 Å². The van der Waals surface area contributed by atoms with Crippen LogP contribution in [0.25, 0.3) is 0 Å². The molecule has 3 atom stereocenters. The third kappa shape index (κ3) is 2.18. The molecule has 3 nitrogen and oxygen atoms in total. The van der Waals surface area contributed by atoms with Crippen molar-refractivity contribution >= 4 is 0 Å². The van der Waals surface area contributed by atoms with Crippen LogP contribution in [-0.2, 0) is 16.6 Å². The summed E-state index contributed by atoms with van der Waals surface area (Å²) in [7, 11) is 0. The van der Waals surface area contributed by atoms with Crippen molar-refractivity contribution in [1.82, 2.24) is 0 Å². The van der Waals surface area contributed by atoms with Crippen LogP contribution >= 0.6 is 0 Å². The highest BCUT2D eigenvalue weighted by Gasteiger charge is 2.56. The lowest BCUT2D eigenvalue weighted by Crippen LogP contribution is -2.58. The molecular weight excluding hydrogens is 262 g/mol. The molecule has 21 heavy (non-hydrogen) atoms. The molecule has 3 heteroatoms. The Morgan fingerprint density at radius 1 is 1.24 bits per heavy atom. The van der Waals surface area contributed by atoms with E-state index in [4.69, 9.17) is 4.74 Å². The first-order valence-electron chi connectivity index (χ1n) is 7.88. The Hall–Kier alpha value is -1.37.